The van der Waals surface area contributed by atoms with Crippen LogP contribution in [-0.2, 0) is 0 Å². The largest absolute Gasteiger partial charge is 0.327 e. The van der Waals surface area contributed by atoms with Crippen molar-refractivity contribution < 1.29 is 0 Å². The summed E-state index contributed by atoms with van der Waals surface area (Å²) in [5.41, 5.74) is 9.43. The van der Waals surface area contributed by atoms with E-state index in [-0.39, 0.29) is 0 Å². The van der Waals surface area contributed by atoms with Crippen molar-refractivity contribution in [3.05, 3.63) is 53.5 Å². The van der Waals surface area contributed by atoms with Crippen LogP contribution in [0.3, 0.4) is 0 Å². The lowest BCUT2D eigenvalue weighted by Gasteiger charge is -2.02. The third-order valence-corrected chi connectivity index (χ3v) is 4.77. The van der Waals surface area contributed by atoms with E-state index in [9.17, 15) is 0 Å². The minimum absolute atomic E-state index is 0.342. The van der Waals surface area contributed by atoms with E-state index in [1.165, 1.54) is 21.2 Å². The molecule has 94 valence electrons. The van der Waals surface area contributed by atoms with Gasteiger partial charge in [0.1, 0.15) is 0 Å². The molecule has 2 atom stereocenters. The molecule has 0 aliphatic heterocycles. The normalized spacial score (nSPS) is 21.7. The first-order chi connectivity index (χ1) is 9.33. The summed E-state index contributed by atoms with van der Waals surface area (Å²) >= 11 is 1.77. The van der Waals surface area contributed by atoms with E-state index >= 15 is 0 Å². The first-order valence-electron chi connectivity index (χ1n) is 6.51. The molecule has 0 amide bonds. The summed E-state index contributed by atoms with van der Waals surface area (Å²) in [5, 5.41) is 3.48. The Morgan fingerprint density at radius 3 is 2.74 bits per heavy atom. The van der Waals surface area contributed by atoms with Gasteiger partial charge in [-0.3, -0.25) is 4.98 Å². The molecule has 0 radical (unpaired) electrons. The Balaban J connectivity index is 1.75. The Labute approximate surface area is 115 Å². The molecule has 1 saturated carbocycles. The van der Waals surface area contributed by atoms with Crippen molar-refractivity contribution in [2.24, 2.45) is 5.73 Å². The van der Waals surface area contributed by atoms with Crippen molar-refractivity contribution in [1.82, 2.24) is 4.98 Å². The van der Waals surface area contributed by atoms with Crippen LogP contribution >= 0.6 is 11.3 Å². The summed E-state index contributed by atoms with van der Waals surface area (Å²) in [4.78, 5) is 4.62. The Hall–Kier alpha value is -1.71. The number of pyridine rings is 1. The molecule has 2 N–H and O–H groups in total. The maximum atomic E-state index is 5.88. The maximum Gasteiger partial charge on any atom is 0.0716 e. The predicted octanol–water partition coefficient (Wildman–Crippen LogP) is 3.78. The summed E-state index contributed by atoms with van der Waals surface area (Å²) in [6, 6.07) is 13.1. The van der Waals surface area contributed by atoms with E-state index in [2.05, 4.69) is 46.8 Å². The summed E-state index contributed by atoms with van der Waals surface area (Å²) < 4.78 is 1.31. The second kappa shape index (κ2) is 4.15. The average molecular weight is 266 g/mol. The first kappa shape index (κ1) is 11.1. The molecule has 19 heavy (non-hydrogen) atoms. The van der Waals surface area contributed by atoms with E-state index in [0.29, 0.717) is 12.0 Å². The molecule has 2 heterocycles. The van der Waals surface area contributed by atoms with Crippen LogP contribution in [0.1, 0.15) is 17.9 Å². The molecule has 1 aliphatic rings. The Morgan fingerprint density at radius 1 is 1.16 bits per heavy atom. The van der Waals surface area contributed by atoms with Gasteiger partial charge in [-0.15, -0.1) is 11.3 Å². The molecule has 0 bridgehead atoms. The molecule has 2 aromatic heterocycles. The molecule has 4 rings (SSSR count). The zero-order valence-electron chi connectivity index (χ0n) is 10.4. The lowest BCUT2D eigenvalue weighted by Crippen LogP contribution is -2.01. The van der Waals surface area contributed by atoms with Crippen molar-refractivity contribution in [2.45, 2.75) is 18.4 Å². The van der Waals surface area contributed by atoms with Crippen LogP contribution in [0.25, 0.3) is 21.3 Å². The summed E-state index contributed by atoms with van der Waals surface area (Å²) in [5.74, 6) is 0.528. The first-order valence-corrected chi connectivity index (χ1v) is 7.39. The molecule has 0 saturated heterocycles. The van der Waals surface area contributed by atoms with Gasteiger partial charge in [0.15, 0.2) is 0 Å². The quantitative estimate of drug-likeness (QED) is 0.766. The van der Waals surface area contributed by atoms with Gasteiger partial charge in [0.2, 0.25) is 0 Å². The van der Waals surface area contributed by atoms with Crippen LogP contribution in [0.15, 0.2) is 48.0 Å². The van der Waals surface area contributed by atoms with Gasteiger partial charge in [0, 0.05) is 39.2 Å². The number of hydrogen-bond acceptors (Lipinski definition) is 3. The smallest absolute Gasteiger partial charge is 0.0716 e. The number of hydrogen-bond donors (Lipinski definition) is 1. The number of rotatable bonds is 2. The molecular weight excluding hydrogens is 252 g/mol. The van der Waals surface area contributed by atoms with Crippen LogP contribution in [0, 0.1) is 0 Å². The predicted molar refractivity (Wildman–Crippen MR) is 80.4 cm³/mol. The molecule has 1 aliphatic carbocycles. The number of aromatic nitrogens is 1. The number of nitrogens with two attached hydrogens (primary N) is 1. The molecule has 3 heteroatoms. The SMILES string of the molecule is NC1CC1c1ccc(-c2csc3ccccc23)nc1. The summed E-state index contributed by atoms with van der Waals surface area (Å²) in [6.45, 7) is 0. The fraction of sp³-hybridized carbons (Fsp3) is 0.188. The van der Waals surface area contributed by atoms with Gasteiger partial charge in [-0.25, -0.2) is 0 Å². The maximum absolute atomic E-state index is 5.88. The standard InChI is InChI=1S/C16H14N2S/c17-14-7-12(14)10-5-6-15(18-8-10)13-9-19-16-4-2-1-3-11(13)16/h1-6,8-9,12,14H,7,17H2. The third kappa shape index (κ3) is 1.86. The minimum atomic E-state index is 0.342. The third-order valence-electron chi connectivity index (χ3n) is 3.81. The van der Waals surface area contributed by atoms with Crippen LogP contribution < -0.4 is 5.73 Å². The highest BCUT2D eigenvalue weighted by atomic mass is 32.1. The van der Waals surface area contributed by atoms with Gasteiger partial charge in [0.05, 0.1) is 5.69 Å². The fourth-order valence-electron chi connectivity index (χ4n) is 2.56. The van der Waals surface area contributed by atoms with Crippen molar-refractivity contribution >= 4 is 21.4 Å². The Kier molecular flexibility index (Phi) is 2.43. The second-order valence-corrected chi connectivity index (χ2v) is 6.04. The fourth-order valence-corrected chi connectivity index (χ4v) is 3.51. The number of benzene rings is 1. The monoisotopic (exact) mass is 266 g/mol. The van der Waals surface area contributed by atoms with Gasteiger partial charge in [0.25, 0.3) is 0 Å². The highest BCUT2D eigenvalue weighted by Gasteiger charge is 2.34. The van der Waals surface area contributed by atoms with Crippen molar-refractivity contribution in [3.63, 3.8) is 0 Å². The van der Waals surface area contributed by atoms with Crippen molar-refractivity contribution in [3.8, 4) is 11.3 Å². The minimum Gasteiger partial charge on any atom is -0.327 e. The Morgan fingerprint density at radius 2 is 2.00 bits per heavy atom. The van der Waals surface area contributed by atoms with Gasteiger partial charge in [-0.2, -0.15) is 0 Å². The molecule has 0 spiro atoms. The number of fused-ring (bicyclic) bond motifs is 1. The average Bonchev–Trinajstić information content (AvgIpc) is 3.03. The highest BCUT2D eigenvalue weighted by Crippen LogP contribution is 2.39. The van der Waals surface area contributed by atoms with Crippen LogP contribution in [0.2, 0.25) is 0 Å². The van der Waals surface area contributed by atoms with Crippen molar-refractivity contribution in [2.75, 3.05) is 0 Å². The van der Waals surface area contributed by atoms with Gasteiger partial charge >= 0.3 is 0 Å². The van der Waals surface area contributed by atoms with Crippen LogP contribution in [0.4, 0.5) is 0 Å². The Bertz CT molecular complexity index is 730. The second-order valence-electron chi connectivity index (χ2n) is 5.13. The summed E-state index contributed by atoms with van der Waals surface area (Å²) in [6.07, 6.45) is 3.09. The molecule has 3 aromatic rings. The number of thiophene rings is 1. The van der Waals surface area contributed by atoms with E-state index in [1.807, 2.05) is 6.20 Å². The van der Waals surface area contributed by atoms with Gasteiger partial charge < -0.3 is 5.73 Å². The van der Waals surface area contributed by atoms with Crippen LogP contribution in [0.5, 0.6) is 0 Å². The zero-order valence-corrected chi connectivity index (χ0v) is 11.2. The van der Waals surface area contributed by atoms with E-state index < -0.39 is 0 Å². The molecular formula is C16H14N2S. The topological polar surface area (TPSA) is 38.9 Å². The number of nitrogens with zero attached hydrogens (tertiary/aromatic N) is 1. The van der Waals surface area contributed by atoms with Crippen LogP contribution in [-0.4, -0.2) is 11.0 Å². The lowest BCUT2D eigenvalue weighted by molar-refractivity contribution is 0.981. The zero-order chi connectivity index (χ0) is 12.8. The van der Waals surface area contributed by atoms with Crippen molar-refractivity contribution in [1.29, 1.82) is 0 Å². The molecule has 2 unspecified atom stereocenters. The van der Waals surface area contributed by atoms with E-state index in [0.717, 1.165) is 12.1 Å². The molecule has 1 aromatic carbocycles. The molecule has 2 nitrogen and oxygen atoms in total. The lowest BCUT2D eigenvalue weighted by atomic mass is 10.1. The van der Waals surface area contributed by atoms with E-state index in [1.54, 1.807) is 11.3 Å². The summed E-state index contributed by atoms with van der Waals surface area (Å²) in [7, 11) is 0. The van der Waals surface area contributed by atoms with Gasteiger partial charge in [-0.1, -0.05) is 24.3 Å². The van der Waals surface area contributed by atoms with E-state index in [4.69, 9.17) is 5.73 Å². The molecule has 1 fully saturated rings. The highest BCUT2D eigenvalue weighted by molar-refractivity contribution is 7.17. The van der Waals surface area contributed by atoms with Gasteiger partial charge in [-0.05, 0) is 24.1 Å².